The first-order valence-corrected chi connectivity index (χ1v) is 11.0. The van der Waals surface area contributed by atoms with Crippen molar-refractivity contribution in [2.24, 2.45) is 0 Å². The Morgan fingerprint density at radius 2 is 1.76 bits per heavy atom. The summed E-state index contributed by atoms with van der Waals surface area (Å²) < 4.78 is 0. The fraction of sp³-hybridized carbons (Fsp3) is 0.185. The molecule has 0 saturated heterocycles. The van der Waals surface area contributed by atoms with Crippen LogP contribution in [0.1, 0.15) is 31.0 Å². The molecule has 166 valence electrons. The summed E-state index contributed by atoms with van der Waals surface area (Å²) in [4.78, 5) is 32.4. The summed E-state index contributed by atoms with van der Waals surface area (Å²) in [7, 11) is 0. The van der Waals surface area contributed by atoms with E-state index in [9.17, 15) is 9.59 Å². The van der Waals surface area contributed by atoms with Crippen LogP contribution in [0.2, 0.25) is 0 Å². The van der Waals surface area contributed by atoms with Crippen LogP contribution in [-0.4, -0.2) is 21.8 Å². The van der Waals surface area contributed by atoms with Crippen molar-refractivity contribution in [1.29, 1.82) is 0 Å². The van der Waals surface area contributed by atoms with Gasteiger partial charge in [-0.15, -0.1) is 0 Å². The Labute approximate surface area is 193 Å². The maximum atomic E-state index is 12.3. The van der Waals surface area contributed by atoms with Gasteiger partial charge in [0.25, 0.3) is 0 Å². The van der Waals surface area contributed by atoms with Crippen molar-refractivity contribution in [3.63, 3.8) is 0 Å². The second-order valence-electron chi connectivity index (χ2n) is 7.94. The highest BCUT2D eigenvalue weighted by Crippen LogP contribution is 2.23. The third-order valence-electron chi connectivity index (χ3n) is 5.32. The van der Waals surface area contributed by atoms with Crippen LogP contribution in [0.25, 0.3) is 22.2 Å². The van der Waals surface area contributed by atoms with E-state index in [4.69, 9.17) is 0 Å². The van der Waals surface area contributed by atoms with E-state index in [2.05, 4.69) is 20.6 Å². The average Bonchev–Trinajstić information content (AvgIpc) is 2.83. The zero-order valence-electron chi connectivity index (χ0n) is 18.5. The Kier molecular flexibility index (Phi) is 7.05. The molecule has 0 fully saturated rings. The van der Waals surface area contributed by atoms with Crippen molar-refractivity contribution in [3.8, 4) is 11.1 Å². The van der Waals surface area contributed by atoms with Gasteiger partial charge in [0.2, 0.25) is 11.8 Å². The zero-order valence-corrected chi connectivity index (χ0v) is 18.5. The number of benzene rings is 2. The molecular formula is C27H26N4O2. The number of aromatic nitrogens is 2. The molecule has 0 aliphatic carbocycles. The Balaban J connectivity index is 1.25. The number of nitrogens with zero attached hydrogens (tertiary/aromatic N) is 2. The summed E-state index contributed by atoms with van der Waals surface area (Å²) in [6, 6.07) is 23.7. The van der Waals surface area contributed by atoms with E-state index >= 15 is 0 Å². The van der Waals surface area contributed by atoms with Gasteiger partial charge in [-0.3, -0.25) is 9.59 Å². The number of rotatable bonds is 8. The number of aryl methyl sites for hydroxylation is 1. The van der Waals surface area contributed by atoms with Crippen molar-refractivity contribution in [3.05, 3.63) is 90.3 Å². The lowest BCUT2D eigenvalue weighted by molar-refractivity contribution is -0.121. The van der Waals surface area contributed by atoms with Gasteiger partial charge in [-0.25, -0.2) is 9.97 Å². The van der Waals surface area contributed by atoms with Crippen LogP contribution in [0.4, 0.5) is 5.69 Å². The summed E-state index contributed by atoms with van der Waals surface area (Å²) >= 11 is 0. The first-order valence-electron chi connectivity index (χ1n) is 11.0. The second kappa shape index (κ2) is 10.5. The second-order valence-corrected chi connectivity index (χ2v) is 7.94. The van der Waals surface area contributed by atoms with Gasteiger partial charge >= 0.3 is 0 Å². The van der Waals surface area contributed by atoms with Crippen LogP contribution in [-0.2, 0) is 22.6 Å². The molecule has 4 rings (SSSR count). The minimum absolute atomic E-state index is 0.0287. The van der Waals surface area contributed by atoms with Gasteiger partial charge in [0.15, 0.2) is 5.65 Å². The smallest absolute Gasteiger partial charge is 0.221 e. The molecule has 2 aromatic carbocycles. The Hall–Kier alpha value is -4.06. The first-order chi connectivity index (χ1) is 16.1. The minimum Gasteiger partial charge on any atom is -0.352 e. The normalized spacial score (nSPS) is 10.7. The molecule has 0 aliphatic rings. The van der Waals surface area contributed by atoms with Gasteiger partial charge in [0, 0.05) is 42.9 Å². The van der Waals surface area contributed by atoms with Crippen molar-refractivity contribution in [2.45, 2.75) is 32.7 Å². The third kappa shape index (κ3) is 6.23. The number of carbonyl (C=O) groups excluding carboxylic acids is 2. The Morgan fingerprint density at radius 3 is 2.58 bits per heavy atom. The molecule has 6 heteroatoms. The lowest BCUT2D eigenvalue weighted by Crippen LogP contribution is -2.22. The van der Waals surface area contributed by atoms with E-state index in [1.165, 1.54) is 6.92 Å². The van der Waals surface area contributed by atoms with Gasteiger partial charge in [-0.05, 0) is 65.9 Å². The molecule has 0 radical (unpaired) electrons. The summed E-state index contributed by atoms with van der Waals surface area (Å²) in [5, 5.41) is 6.81. The van der Waals surface area contributed by atoms with Gasteiger partial charge in [0.05, 0.1) is 0 Å². The van der Waals surface area contributed by atoms with E-state index in [0.717, 1.165) is 51.9 Å². The lowest BCUT2D eigenvalue weighted by Gasteiger charge is -2.08. The summed E-state index contributed by atoms with van der Waals surface area (Å²) in [6.07, 6.45) is 3.67. The topological polar surface area (TPSA) is 84.0 Å². The number of pyridine rings is 2. The number of hydrogen-bond acceptors (Lipinski definition) is 4. The molecule has 0 unspecified atom stereocenters. The lowest BCUT2D eigenvalue weighted by atomic mass is 10.0. The number of anilines is 1. The maximum absolute atomic E-state index is 12.3. The monoisotopic (exact) mass is 438 g/mol. The number of hydrogen-bond donors (Lipinski definition) is 2. The summed E-state index contributed by atoms with van der Waals surface area (Å²) in [5.74, 6) is -0.0650. The van der Waals surface area contributed by atoms with E-state index in [1.807, 2.05) is 72.8 Å². The molecule has 0 aliphatic heterocycles. The quantitative estimate of drug-likeness (QED) is 0.410. The van der Waals surface area contributed by atoms with Crippen LogP contribution >= 0.6 is 0 Å². The van der Waals surface area contributed by atoms with E-state index < -0.39 is 0 Å². The number of carbonyl (C=O) groups is 2. The van der Waals surface area contributed by atoms with Crippen molar-refractivity contribution in [1.82, 2.24) is 15.3 Å². The largest absolute Gasteiger partial charge is 0.352 e. The number of fused-ring (bicyclic) bond motifs is 1. The van der Waals surface area contributed by atoms with Crippen LogP contribution in [0, 0.1) is 0 Å². The van der Waals surface area contributed by atoms with E-state index in [0.29, 0.717) is 13.0 Å². The van der Waals surface area contributed by atoms with E-state index in [-0.39, 0.29) is 11.8 Å². The molecular weight excluding hydrogens is 412 g/mol. The van der Waals surface area contributed by atoms with Crippen LogP contribution in [0.3, 0.4) is 0 Å². The molecule has 6 nitrogen and oxygen atoms in total. The molecule has 0 atom stereocenters. The summed E-state index contributed by atoms with van der Waals surface area (Å²) in [6.45, 7) is 1.98. The molecule has 2 heterocycles. The molecule has 2 aromatic heterocycles. The van der Waals surface area contributed by atoms with Gasteiger partial charge < -0.3 is 10.6 Å². The van der Waals surface area contributed by atoms with Gasteiger partial charge in [-0.1, -0.05) is 36.4 Å². The highest BCUT2D eigenvalue weighted by atomic mass is 16.2. The number of nitrogens with one attached hydrogen (secondary N) is 2. The van der Waals surface area contributed by atoms with E-state index in [1.54, 1.807) is 6.20 Å². The molecule has 0 spiro atoms. The highest BCUT2D eigenvalue weighted by molar-refractivity contribution is 5.89. The summed E-state index contributed by atoms with van der Waals surface area (Å²) in [5.41, 5.74) is 5.57. The fourth-order valence-corrected chi connectivity index (χ4v) is 3.65. The highest BCUT2D eigenvalue weighted by Gasteiger charge is 2.05. The third-order valence-corrected chi connectivity index (χ3v) is 5.32. The zero-order chi connectivity index (χ0) is 23.0. The van der Waals surface area contributed by atoms with Crippen LogP contribution in [0.5, 0.6) is 0 Å². The molecule has 33 heavy (non-hydrogen) atoms. The maximum Gasteiger partial charge on any atom is 0.221 e. The SMILES string of the molecule is CC(=O)Nc1cccc(-c2ccc(CNC(=O)CCCc3ccc4cccnc4n3)cc2)c1. The molecule has 2 N–H and O–H groups in total. The fourth-order valence-electron chi connectivity index (χ4n) is 3.65. The standard InChI is InChI=1S/C27H26N4O2/c1-19(32)30-25-8-2-5-23(17-25)21-12-10-20(11-13-21)18-29-26(33)9-3-7-24-15-14-22-6-4-16-28-27(22)31-24/h2,4-6,8,10-17H,3,7,9,18H2,1H3,(H,29,33)(H,30,32). The molecule has 0 bridgehead atoms. The first kappa shape index (κ1) is 22.1. The average molecular weight is 439 g/mol. The molecule has 0 saturated carbocycles. The Bertz CT molecular complexity index is 1270. The minimum atomic E-state index is -0.0937. The van der Waals surface area contributed by atoms with Gasteiger partial charge in [0.1, 0.15) is 0 Å². The molecule has 4 aromatic rings. The van der Waals surface area contributed by atoms with Crippen LogP contribution < -0.4 is 10.6 Å². The molecule has 2 amide bonds. The van der Waals surface area contributed by atoms with Crippen molar-refractivity contribution >= 4 is 28.5 Å². The predicted octanol–water partition coefficient (Wildman–Crippen LogP) is 4.89. The van der Waals surface area contributed by atoms with Crippen molar-refractivity contribution < 1.29 is 9.59 Å². The Morgan fingerprint density at radius 1 is 0.909 bits per heavy atom. The van der Waals surface area contributed by atoms with Crippen molar-refractivity contribution in [2.75, 3.05) is 5.32 Å². The number of amides is 2. The van der Waals surface area contributed by atoms with Gasteiger partial charge in [-0.2, -0.15) is 0 Å². The van der Waals surface area contributed by atoms with Crippen LogP contribution in [0.15, 0.2) is 79.0 Å². The predicted molar refractivity (Wildman–Crippen MR) is 131 cm³/mol.